The lowest BCUT2D eigenvalue weighted by molar-refractivity contribution is 0.414. The molecular formula is C19H21NO2. The third-order valence-corrected chi connectivity index (χ3v) is 4.18. The summed E-state index contributed by atoms with van der Waals surface area (Å²) in [4.78, 5) is 0. The number of nitrogen functional groups attached to an aromatic ring is 1. The van der Waals surface area contributed by atoms with Crippen LogP contribution in [0.5, 0.6) is 11.5 Å². The molecule has 3 nitrogen and oxygen atoms in total. The number of benzene rings is 2. The largest absolute Gasteiger partial charge is 0.497 e. The lowest BCUT2D eigenvalue weighted by atomic mass is 9.98. The van der Waals surface area contributed by atoms with Crippen LogP contribution in [0.15, 0.2) is 36.4 Å². The molecule has 3 heteroatoms. The second-order valence-electron chi connectivity index (χ2n) is 5.54. The Bertz CT molecular complexity index is 719. The molecular weight excluding hydrogens is 274 g/mol. The molecule has 22 heavy (non-hydrogen) atoms. The Hall–Kier alpha value is -2.42. The van der Waals surface area contributed by atoms with E-state index in [2.05, 4.69) is 24.3 Å². The minimum absolute atomic E-state index is 0.766. The van der Waals surface area contributed by atoms with Crippen molar-refractivity contribution in [3.63, 3.8) is 0 Å². The second kappa shape index (κ2) is 6.14. The fourth-order valence-electron chi connectivity index (χ4n) is 2.97. The molecule has 0 saturated heterocycles. The standard InChI is InChI=1S/C19H21NO2/c1-21-16-7-6-14-10-15(5-3-4-13(14)11-16)18-9-8-17(22-2)12-19(18)20/h6-12H,3-5,20H2,1-2H3. The number of hydrogen-bond donors (Lipinski definition) is 1. The third kappa shape index (κ3) is 2.80. The molecule has 0 aliphatic heterocycles. The Labute approximate surface area is 131 Å². The summed E-state index contributed by atoms with van der Waals surface area (Å²) in [7, 11) is 3.36. The maximum Gasteiger partial charge on any atom is 0.120 e. The van der Waals surface area contributed by atoms with E-state index < -0.39 is 0 Å². The second-order valence-corrected chi connectivity index (χ2v) is 5.54. The summed E-state index contributed by atoms with van der Waals surface area (Å²) in [6.45, 7) is 0. The van der Waals surface area contributed by atoms with Gasteiger partial charge in [0.05, 0.1) is 14.2 Å². The van der Waals surface area contributed by atoms with Crippen LogP contribution in [0.2, 0.25) is 0 Å². The summed E-state index contributed by atoms with van der Waals surface area (Å²) in [5, 5.41) is 0. The maximum absolute atomic E-state index is 6.20. The van der Waals surface area contributed by atoms with Gasteiger partial charge >= 0.3 is 0 Å². The monoisotopic (exact) mass is 295 g/mol. The van der Waals surface area contributed by atoms with Crippen molar-refractivity contribution < 1.29 is 9.47 Å². The molecule has 0 fully saturated rings. The van der Waals surface area contributed by atoms with Crippen LogP contribution in [0.3, 0.4) is 0 Å². The van der Waals surface area contributed by atoms with Crippen LogP contribution in [0.25, 0.3) is 11.6 Å². The van der Waals surface area contributed by atoms with E-state index in [1.54, 1.807) is 14.2 Å². The summed E-state index contributed by atoms with van der Waals surface area (Å²) in [6.07, 6.45) is 5.44. The van der Waals surface area contributed by atoms with Crippen molar-refractivity contribution >= 4 is 17.3 Å². The normalized spacial score (nSPS) is 13.8. The molecule has 2 N–H and O–H groups in total. The number of allylic oxidation sites excluding steroid dienone is 1. The van der Waals surface area contributed by atoms with E-state index >= 15 is 0 Å². The van der Waals surface area contributed by atoms with Crippen LogP contribution < -0.4 is 15.2 Å². The van der Waals surface area contributed by atoms with Crippen molar-refractivity contribution in [1.29, 1.82) is 0 Å². The Morgan fingerprint density at radius 2 is 1.64 bits per heavy atom. The zero-order valence-electron chi connectivity index (χ0n) is 13.1. The Morgan fingerprint density at radius 1 is 0.909 bits per heavy atom. The van der Waals surface area contributed by atoms with E-state index in [0.29, 0.717) is 0 Å². The van der Waals surface area contributed by atoms with Crippen LogP contribution >= 0.6 is 0 Å². The number of ether oxygens (including phenoxy) is 2. The van der Waals surface area contributed by atoms with E-state index in [0.717, 1.165) is 42.0 Å². The van der Waals surface area contributed by atoms with Gasteiger partial charge in [0.1, 0.15) is 11.5 Å². The quantitative estimate of drug-likeness (QED) is 0.865. The number of rotatable bonds is 3. The van der Waals surface area contributed by atoms with Gasteiger partial charge in [0.25, 0.3) is 0 Å². The molecule has 0 radical (unpaired) electrons. The van der Waals surface area contributed by atoms with Crippen molar-refractivity contribution in [3.8, 4) is 11.5 Å². The molecule has 0 spiro atoms. The fourth-order valence-corrected chi connectivity index (χ4v) is 2.97. The highest BCUT2D eigenvalue weighted by atomic mass is 16.5. The van der Waals surface area contributed by atoms with Crippen LogP contribution in [0.4, 0.5) is 5.69 Å². The lowest BCUT2D eigenvalue weighted by Gasteiger charge is -2.11. The molecule has 0 unspecified atom stereocenters. The molecule has 1 aliphatic carbocycles. The SMILES string of the molecule is COc1ccc(C2=Cc3ccc(OC)cc3CCC2)c(N)c1. The number of nitrogens with two attached hydrogens (primary N) is 1. The van der Waals surface area contributed by atoms with Gasteiger partial charge in [-0.05, 0) is 60.2 Å². The average Bonchev–Trinajstić information content (AvgIpc) is 2.75. The molecule has 0 saturated carbocycles. The van der Waals surface area contributed by atoms with Gasteiger partial charge in [-0.3, -0.25) is 0 Å². The molecule has 2 aromatic rings. The first kappa shape index (κ1) is 14.5. The first-order valence-corrected chi connectivity index (χ1v) is 7.52. The van der Waals surface area contributed by atoms with Gasteiger partial charge in [-0.15, -0.1) is 0 Å². The summed E-state index contributed by atoms with van der Waals surface area (Å²) in [6, 6.07) is 12.2. The van der Waals surface area contributed by atoms with E-state index in [1.807, 2.05) is 18.2 Å². The minimum Gasteiger partial charge on any atom is -0.497 e. The number of fused-ring (bicyclic) bond motifs is 1. The molecule has 0 heterocycles. The van der Waals surface area contributed by atoms with E-state index in [4.69, 9.17) is 15.2 Å². The number of hydrogen-bond acceptors (Lipinski definition) is 3. The zero-order chi connectivity index (χ0) is 15.5. The van der Waals surface area contributed by atoms with Gasteiger partial charge in [-0.1, -0.05) is 12.1 Å². The molecule has 2 aromatic carbocycles. The summed E-state index contributed by atoms with van der Waals surface area (Å²) in [5.74, 6) is 1.71. The predicted molar refractivity (Wildman–Crippen MR) is 91.2 cm³/mol. The highest BCUT2D eigenvalue weighted by Crippen LogP contribution is 2.34. The third-order valence-electron chi connectivity index (χ3n) is 4.18. The molecule has 114 valence electrons. The van der Waals surface area contributed by atoms with Gasteiger partial charge in [0.15, 0.2) is 0 Å². The first-order chi connectivity index (χ1) is 10.7. The van der Waals surface area contributed by atoms with Crippen molar-refractivity contribution in [2.75, 3.05) is 20.0 Å². The average molecular weight is 295 g/mol. The van der Waals surface area contributed by atoms with Crippen LogP contribution in [-0.2, 0) is 6.42 Å². The predicted octanol–water partition coefficient (Wildman–Crippen LogP) is 4.16. The number of anilines is 1. The zero-order valence-corrected chi connectivity index (χ0v) is 13.1. The molecule has 1 aliphatic rings. The number of aryl methyl sites for hydroxylation is 1. The molecule has 0 amide bonds. The van der Waals surface area contributed by atoms with Crippen LogP contribution in [0, 0.1) is 0 Å². The van der Waals surface area contributed by atoms with Gasteiger partial charge in [0.2, 0.25) is 0 Å². The lowest BCUT2D eigenvalue weighted by Crippen LogP contribution is -1.95. The van der Waals surface area contributed by atoms with Crippen molar-refractivity contribution in [2.24, 2.45) is 0 Å². The molecule has 0 aromatic heterocycles. The van der Waals surface area contributed by atoms with Crippen LogP contribution in [0.1, 0.15) is 29.5 Å². The van der Waals surface area contributed by atoms with E-state index in [-0.39, 0.29) is 0 Å². The van der Waals surface area contributed by atoms with Gasteiger partial charge in [-0.2, -0.15) is 0 Å². The van der Waals surface area contributed by atoms with Crippen molar-refractivity contribution in [2.45, 2.75) is 19.3 Å². The maximum atomic E-state index is 6.20. The summed E-state index contributed by atoms with van der Waals surface area (Å²) >= 11 is 0. The Kier molecular flexibility index (Phi) is 4.05. The van der Waals surface area contributed by atoms with E-state index in [1.165, 1.54) is 16.7 Å². The van der Waals surface area contributed by atoms with Gasteiger partial charge in [-0.25, -0.2) is 0 Å². The van der Waals surface area contributed by atoms with E-state index in [9.17, 15) is 0 Å². The van der Waals surface area contributed by atoms with Gasteiger partial charge < -0.3 is 15.2 Å². The molecule has 0 bridgehead atoms. The highest BCUT2D eigenvalue weighted by Gasteiger charge is 2.13. The van der Waals surface area contributed by atoms with Gasteiger partial charge in [0, 0.05) is 17.3 Å². The molecule has 3 rings (SSSR count). The topological polar surface area (TPSA) is 44.5 Å². The Morgan fingerprint density at radius 3 is 2.36 bits per heavy atom. The Balaban J connectivity index is 2.01. The fraction of sp³-hybridized carbons (Fsp3) is 0.263. The highest BCUT2D eigenvalue weighted by molar-refractivity contribution is 5.87. The first-order valence-electron chi connectivity index (χ1n) is 7.52. The van der Waals surface area contributed by atoms with Crippen LogP contribution in [-0.4, -0.2) is 14.2 Å². The summed E-state index contributed by atoms with van der Waals surface area (Å²) < 4.78 is 10.6. The summed E-state index contributed by atoms with van der Waals surface area (Å²) in [5.41, 5.74) is 11.9. The minimum atomic E-state index is 0.766. The molecule has 0 atom stereocenters. The van der Waals surface area contributed by atoms with Crippen molar-refractivity contribution in [3.05, 3.63) is 53.1 Å². The smallest absolute Gasteiger partial charge is 0.120 e. The number of methoxy groups -OCH3 is 2. The van der Waals surface area contributed by atoms with Crippen molar-refractivity contribution in [1.82, 2.24) is 0 Å².